The zero-order valence-electron chi connectivity index (χ0n) is 7.75. The van der Waals surface area contributed by atoms with Crippen molar-refractivity contribution in [1.82, 2.24) is 14.7 Å². The normalized spacial score (nSPS) is 11.8. The highest BCUT2D eigenvalue weighted by Crippen LogP contribution is 2.22. The van der Waals surface area contributed by atoms with Crippen LogP contribution in [-0.2, 0) is 16.6 Å². The fourth-order valence-electron chi connectivity index (χ4n) is 0.930. The lowest BCUT2D eigenvalue weighted by Crippen LogP contribution is -2.21. The van der Waals surface area contributed by atoms with Crippen LogP contribution < -0.4 is 4.72 Å². The standard InChI is InChI=1S/C7H6ClN3O2S3/c8-7-10-3-6(15-7)16(12,13)11-2-5-1-9-4-14-5/h1,3-4,11H,2H2. The van der Waals surface area contributed by atoms with Gasteiger partial charge < -0.3 is 0 Å². The Kier molecular flexibility index (Phi) is 3.55. The molecule has 0 atom stereocenters. The molecule has 2 aromatic rings. The molecular formula is C7H6ClN3O2S3. The van der Waals surface area contributed by atoms with Crippen molar-refractivity contribution in [3.05, 3.63) is 27.2 Å². The summed E-state index contributed by atoms with van der Waals surface area (Å²) in [5.74, 6) is 0. The molecule has 1 N–H and O–H groups in total. The molecule has 0 aliphatic carbocycles. The van der Waals surface area contributed by atoms with Gasteiger partial charge in [-0.3, -0.25) is 4.98 Å². The average Bonchev–Trinajstić information content (AvgIpc) is 2.85. The van der Waals surface area contributed by atoms with E-state index in [4.69, 9.17) is 11.6 Å². The number of hydrogen-bond donors (Lipinski definition) is 1. The van der Waals surface area contributed by atoms with Crippen molar-refractivity contribution in [2.24, 2.45) is 0 Å². The molecule has 0 aromatic carbocycles. The van der Waals surface area contributed by atoms with E-state index in [0.717, 1.165) is 16.2 Å². The van der Waals surface area contributed by atoms with E-state index in [2.05, 4.69) is 14.7 Å². The number of thiazole rings is 2. The second kappa shape index (κ2) is 4.76. The van der Waals surface area contributed by atoms with Gasteiger partial charge in [0.25, 0.3) is 10.0 Å². The third-order valence-electron chi connectivity index (χ3n) is 1.64. The number of sulfonamides is 1. The van der Waals surface area contributed by atoms with E-state index in [1.165, 1.54) is 17.5 Å². The van der Waals surface area contributed by atoms with Gasteiger partial charge in [0.1, 0.15) is 0 Å². The maximum Gasteiger partial charge on any atom is 0.252 e. The van der Waals surface area contributed by atoms with Crippen LogP contribution in [0.1, 0.15) is 4.88 Å². The summed E-state index contributed by atoms with van der Waals surface area (Å²) in [7, 11) is -3.52. The van der Waals surface area contributed by atoms with Crippen LogP contribution in [0.25, 0.3) is 0 Å². The highest BCUT2D eigenvalue weighted by molar-refractivity contribution is 7.91. The zero-order valence-corrected chi connectivity index (χ0v) is 11.0. The van der Waals surface area contributed by atoms with Crippen LogP contribution in [-0.4, -0.2) is 18.4 Å². The largest absolute Gasteiger partial charge is 0.253 e. The molecule has 2 heterocycles. The summed E-state index contributed by atoms with van der Waals surface area (Å²) in [6.07, 6.45) is 2.86. The van der Waals surface area contributed by atoms with Crippen LogP contribution in [0.4, 0.5) is 0 Å². The monoisotopic (exact) mass is 295 g/mol. The van der Waals surface area contributed by atoms with Gasteiger partial charge in [-0.05, 0) is 0 Å². The summed E-state index contributed by atoms with van der Waals surface area (Å²) in [6.45, 7) is 0.225. The molecule has 0 unspecified atom stereocenters. The molecule has 0 saturated heterocycles. The summed E-state index contributed by atoms with van der Waals surface area (Å²) in [4.78, 5) is 8.38. The van der Waals surface area contributed by atoms with E-state index in [1.54, 1.807) is 11.7 Å². The van der Waals surface area contributed by atoms with Gasteiger partial charge in [0.2, 0.25) is 0 Å². The Morgan fingerprint density at radius 1 is 1.44 bits per heavy atom. The van der Waals surface area contributed by atoms with Gasteiger partial charge in [-0.2, -0.15) is 0 Å². The average molecular weight is 296 g/mol. The summed E-state index contributed by atoms with van der Waals surface area (Å²) >= 11 is 7.88. The first-order chi connectivity index (χ1) is 7.58. The molecule has 2 aromatic heterocycles. The lowest BCUT2D eigenvalue weighted by atomic mass is 10.6. The van der Waals surface area contributed by atoms with Crippen molar-refractivity contribution in [3.8, 4) is 0 Å². The fourth-order valence-corrected chi connectivity index (χ4v) is 3.90. The van der Waals surface area contributed by atoms with Crippen molar-refractivity contribution in [1.29, 1.82) is 0 Å². The smallest absolute Gasteiger partial charge is 0.252 e. The quantitative estimate of drug-likeness (QED) is 0.932. The highest BCUT2D eigenvalue weighted by Gasteiger charge is 2.17. The lowest BCUT2D eigenvalue weighted by Gasteiger charge is -2.01. The Labute approximate surface area is 105 Å². The predicted octanol–water partition coefficient (Wildman–Crippen LogP) is 1.73. The van der Waals surface area contributed by atoms with E-state index in [0.29, 0.717) is 0 Å². The van der Waals surface area contributed by atoms with Crippen molar-refractivity contribution in [3.63, 3.8) is 0 Å². The molecule has 0 saturated carbocycles. The summed E-state index contributed by atoms with van der Waals surface area (Å²) in [5.41, 5.74) is 1.65. The fraction of sp³-hybridized carbons (Fsp3) is 0.143. The molecule has 2 rings (SSSR count). The summed E-state index contributed by atoms with van der Waals surface area (Å²) < 4.78 is 26.2. The molecule has 0 spiro atoms. The Hall–Kier alpha value is -0.540. The molecule has 0 fully saturated rings. The van der Waals surface area contributed by atoms with Crippen LogP contribution in [0.2, 0.25) is 4.47 Å². The van der Waals surface area contributed by atoms with Crippen LogP contribution in [0.3, 0.4) is 0 Å². The number of nitrogens with one attached hydrogen (secondary N) is 1. The molecule has 9 heteroatoms. The maximum atomic E-state index is 11.7. The van der Waals surface area contributed by atoms with Crippen LogP contribution >= 0.6 is 34.3 Å². The maximum absolute atomic E-state index is 11.7. The van der Waals surface area contributed by atoms with E-state index in [1.807, 2.05) is 0 Å². The molecule has 5 nitrogen and oxygen atoms in total. The van der Waals surface area contributed by atoms with Gasteiger partial charge in [-0.15, -0.1) is 11.3 Å². The predicted molar refractivity (Wildman–Crippen MR) is 63.3 cm³/mol. The SMILES string of the molecule is O=S(=O)(NCc1cncs1)c1cnc(Cl)s1. The van der Waals surface area contributed by atoms with Crippen molar-refractivity contribution < 1.29 is 8.42 Å². The molecular weight excluding hydrogens is 290 g/mol. The van der Waals surface area contributed by atoms with Gasteiger partial charge >= 0.3 is 0 Å². The van der Waals surface area contributed by atoms with Crippen LogP contribution in [0.15, 0.2) is 22.1 Å². The lowest BCUT2D eigenvalue weighted by molar-refractivity contribution is 0.583. The van der Waals surface area contributed by atoms with Gasteiger partial charge in [-0.25, -0.2) is 18.1 Å². The first kappa shape index (κ1) is 11.9. The number of nitrogens with zero attached hydrogens (tertiary/aromatic N) is 2. The zero-order chi connectivity index (χ0) is 11.6. The molecule has 0 amide bonds. The van der Waals surface area contributed by atoms with E-state index < -0.39 is 10.0 Å². The minimum atomic E-state index is -3.52. The molecule has 0 bridgehead atoms. The Bertz CT molecular complexity index is 563. The number of halogens is 1. The molecule has 0 radical (unpaired) electrons. The van der Waals surface area contributed by atoms with Gasteiger partial charge in [0.05, 0.1) is 11.7 Å². The van der Waals surface area contributed by atoms with Gasteiger partial charge in [0.15, 0.2) is 8.68 Å². The number of hydrogen-bond acceptors (Lipinski definition) is 6. The third kappa shape index (κ3) is 2.77. The van der Waals surface area contributed by atoms with Crippen molar-refractivity contribution >= 4 is 44.3 Å². The van der Waals surface area contributed by atoms with Crippen LogP contribution in [0.5, 0.6) is 0 Å². The van der Waals surface area contributed by atoms with E-state index in [9.17, 15) is 8.42 Å². The minimum absolute atomic E-state index is 0.113. The third-order valence-corrected chi connectivity index (χ3v) is 5.40. The number of aromatic nitrogens is 2. The molecule has 0 aliphatic rings. The topological polar surface area (TPSA) is 72.0 Å². The van der Waals surface area contributed by atoms with E-state index >= 15 is 0 Å². The second-order valence-corrected chi connectivity index (χ2v) is 7.30. The summed E-state index contributed by atoms with van der Waals surface area (Å²) in [5, 5.41) is 0. The van der Waals surface area contributed by atoms with Crippen molar-refractivity contribution in [2.45, 2.75) is 10.8 Å². The Balaban J connectivity index is 2.09. The highest BCUT2D eigenvalue weighted by atomic mass is 35.5. The second-order valence-electron chi connectivity index (χ2n) is 2.72. The Morgan fingerprint density at radius 2 is 2.25 bits per heavy atom. The molecule has 86 valence electrons. The first-order valence-electron chi connectivity index (χ1n) is 4.06. The molecule has 16 heavy (non-hydrogen) atoms. The van der Waals surface area contributed by atoms with Crippen molar-refractivity contribution in [2.75, 3.05) is 0 Å². The van der Waals surface area contributed by atoms with Gasteiger partial charge in [-0.1, -0.05) is 22.9 Å². The summed E-state index contributed by atoms with van der Waals surface area (Å²) in [6, 6.07) is 0. The first-order valence-corrected chi connectivity index (χ1v) is 7.62. The number of rotatable bonds is 4. The van der Waals surface area contributed by atoms with Crippen LogP contribution in [0, 0.1) is 0 Å². The minimum Gasteiger partial charge on any atom is -0.253 e. The van der Waals surface area contributed by atoms with Gasteiger partial charge in [0, 0.05) is 17.6 Å². The van der Waals surface area contributed by atoms with E-state index in [-0.39, 0.29) is 15.2 Å². The molecule has 0 aliphatic heterocycles. The Morgan fingerprint density at radius 3 is 2.81 bits per heavy atom.